The molecule has 1 aromatic heterocycles. The van der Waals surface area contributed by atoms with Gasteiger partial charge in [-0.05, 0) is 38.2 Å². The van der Waals surface area contributed by atoms with Gasteiger partial charge in [-0.25, -0.2) is 9.67 Å². The molecule has 1 heterocycles. The third-order valence-electron chi connectivity index (χ3n) is 2.44. The van der Waals surface area contributed by atoms with E-state index in [-0.39, 0.29) is 11.8 Å². The van der Waals surface area contributed by atoms with Crippen LogP contribution in [0.3, 0.4) is 0 Å². The number of nitrogens with zero attached hydrogens (tertiary/aromatic N) is 3. The van der Waals surface area contributed by atoms with Crippen molar-refractivity contribution in [3.05, 3.63) is 36.4 Å². The van der Waals surface area contributed by atoms with Crippen LogP contribution in [0.1, 0.15) is 18.8 Å². The Morgan fingerprint density at radius 2 is 2.00 bits per heavy atom. The fourth-order valence-electron chi connectivity index (χ4n) is 1.33. The number of aromatic nitrogens is 3. The first-order valence-electron chi connectivity index (χ1n) is 5.09. The van der Waals surface area contributed by atoms with E-state index >= 15 is 0 Å². The van der Waals surface area contributed by atoms with Crippen molar-refractivity contribution in [3.8, 4) is 11.4 Å². The van der Waals surface area contributed by atoms with Crippen LogP contribution < -0.4 is 5.32 Å². The second kappa shape index (κ2) is 4.32. The maximum Gasteiger partial charge on any atom is 0.167 e. The average Bonchev–Trinajstić information content (AvgIpc) is 2.78. The first-order valence-corrected chi connectivity index (χ1v) is 5.09. The lowest BCUT2D eigenvalue weighted by molar-refractivity contribution is 0.475. The Kier molecular flexibility index (Phi) is 2.87. The molecule has 5 nitrogen and oxygen atoms in total. The zero-order valence-corrected chi connectivity index (χ0v) is 9.25. The molecule has 5 heteroatoms. The van der Waals surface area contributed by atoms with Gasteiger partial charge >= 0.3 is 0 Å². The van der Waals surface area contributed by atoms with Crippen LogP contribution in [-0.2, 0) is 0 Å². The number of rotatable bonds is 3. The summed E-state index contributed by atoms with van der Waals surface area (Å²) in [5.74, 6) is 0.989. The van der Waals surface area contributed by atoms with E-state index in [4.69, 9.17) is 0 Å². The molecule has 1 aromatic carbocycles. The molecule has 0 aliphatic heterocycles. The van der Waals surface area contributed by atoms with Crippen molar-refractivity contribution >= 4 is 0 Å². The Hall–Kier alpha value is -1.88. The van der Waals surface area contributed by atoms with Crippen LogP contribution in [0.2, 0.25) is 0 Å². The third-order valence-corrected chi connectivity index (χ3v) is 2.44. The predicted molar refractivity (Wildman–Crippen MR) is 60.5 cm³/mol. The Morgan fingerprint density at radius 1 is 1.31 bits per heavy atom. The summed E-state index contributed by atoms with van der Waals surface area (Å²) in [6, 6.07) is 6.95. The van der Waals surface area contributed by atoms with E-state index in [0.29, 0.717) is 0 Å². The molecule has 2 rings (SSSR count). The molecule has 0 bridgehead atoms. The number of hydrogen-bond acceptors (Lipinski definition) is 4. The summed E-state index contributed by atoms with van der Waals surface area (Å²) in [7, 11) is 1.87. The fraction of sp³-hybridized carbons (Fsp3) is 0.273. The zero-order valence-electron chi connectivity index (χ0n) is 9.25. The molecule has 1 atom stereocenters. The topological polar surface area (TPSA) is 63.0 Å². The molecule has 1 unspecified atom stereocenters. The van der Waals surface area contributed by atoms with E-state index in [1.54, 1.807) is 35.3 Å². The van der Waals surface area contributed by atoms with Crippen LogP contribution in [0, 0.1) is 0 Å². The van der Waals surface area contributed by atoms with Crippen LogP contribution in [0.25, 0.3) is 5.69 Å². The second-order valence-corrected chi connectivity index (χ2v) is 3.57. The van der Waals surface area contributed by atoms with Gasteiger partial charge in [-0.3, -0.25) is 0 Å². The van der Waals surface area contributed by atoms with Crippen molar-refractivity contribution < 1.29 is 5.11 Å². The number of phenols is 1. The summed E-state index contributed by atoms with van der Waals surface area (Å²) in [6.07, 6.45) is 1.66. The maximum absolute atomic E-state index is 9.18. The minimum absolute atomic E-state index is 0.123. The third kappa shape index (κ3) is 2.04. The highest BCUT2D eigenvalue weighted by Gasteiger charge is 2.08. The van der Waals surface area contributed by atoms with Crippen LogP contribution in [0.5, 0.6) is 5.75 Å². The van der Waals surface area contributed by atoms with Gasteiger partial charge in [0.15, 0.2) is 5.82 Å². The van der Waals surface area contributed by atoms with E-state index in [0.717, 1.165) is 11.5 Å². The summed E-state index contributed by atoms with van der Waals surface area (Å²) in [5, 5.41) is 16.6. The van der Waals surface area contributed by atoms with Gasteiger partial charge in [0.25, 0.3) is 0 Å². The summed E-state index contributed by atoms with van der Waals surface area (Å²) < 4.78 is 1.68. The molecule has 0 saturated carbocycles. The fourth-order valence-corrected chi connectivity index (χ4v) is 1.33. The minimum atomic E-state index is 0.123. The van der Waals surface area contributed by atoms with Crippen LogP contribution in [0.15, 0.2) is 30.6 Å². The van der Waals surface area contributed by atoms with Crippen molar-refractivity contribution in [2.45, 2.75) is 13.0 Å². The van der Waals surface area contributed by atoms with Crippen molar-refractivity contribution in [2.75, 3.05) is 7.05 Å². The largest absolute Gasteiger partial charge is 0.508 e. The van der Waals surface area contributed by atoms with E-state index < -0.39 is 0 Å². The van der Waals surface area contributed by atoms with Gasteiger partial charge < -0.3 is 10.4 Å². The quantitative estimate of drug-likeness (QED) is 0.814. The molecule has 0 fully saturated rings. The summed E-state index contributed by atoms with van der Waals surface area (Å²) in [6.45, 7) is 2.00. The zero-order chi connectivity index (χ0) is 11.5. The predicted octanol–water partition coefficient (Wildman–Crippen LogP) is 1.25. The van der Waals surface area contributed by atoms with Gasteiger partial charge in [-0.1, -0.05) is 0 Å². The molecule has 0 aliphatic rings. The molecule has 16 heavy (non-hydrogen) atoms. The standard InChI is InChI=1S/C11H14N4O/c1-8(12-2)11-13-7-15(14-11)9-3-5-10(16)6-4-9/h3-8,12,16H,1-2H3. The maximum atomic E-state index is 9.18. The van der Waals surface area contributed by atoms with Crippen LogP contribution in [0.4, 0.5) is 0 Å². The Bertz CT molecular complexity index is 463. The Balaban J connectivity index is 2.28. The molecule has 0 spiro atoms. The SMILES string of the molecule is CNC(C)c1ncn(-c2ccc(O)cc2)n1. The lowest BCUT2D eigenvalue weighted by atomic mass is 10.3. The van der Waals surface area contributed by atoms with Gasteiger partial charge in [0.1, 0.15) is 12.1 Å². The number of hydrogen-bond donors (Lipinski definition) is 2. The number of benzene rings is 1. The first-order chi connectivity index (χ1) is 7.70. The van der Waals surface area contributed by atoms with Gasteiger partial charge in [-0.2, -0.15) is 0 Å². The first kappa shape index (κ1) is 10.6. The van der Waals surface area contributed by atoms with Crippen LogP contribution >= 0.6 is 0 Å². The number of phenolic OH excluding ortho intramolecular Hbond substituents is 1. The van der Waals surface area contributed by atoms with Gasteiger partial charge in [-0.15, -0.1) is 5.10 Å². The van der Waals surface area contributed by atoms with Gasteiger partial charge in [0, 0.05) is 0 Å². The van der Waals surface area contributed by atoms with E-state index in [2.05, 4.69) is 15.4 Å². The number of nitrogens with one attached hydrogen (secondary N) is 1. The molecular formula is C11H14N4O. The summed E-state index contributed by atoms with van der Waals surface area (Å²) >= 11 is 0. The molecule has 2 N–H and O–H groups in total. The highest BCUT2D eigenvalue weighted by atomic mass is 16.3. The smallest absolute Gasteiger partial charge is 0.167 e. The van der Waals surface area contributed by atoms with Crippen molar-refractivity contribution in [1.82, 2.24) is 20.1 Å². The summed E-state index contributed by atoms with van der Waals surface area (Å²) in [4.78, 5) is 4.21. The van der Waals surface area contributed by atoms with Crippen molar-refractivity contribution in [2.24, 2.45) is 0 Å². The molecule has 0 saturated heterocycles. The lowest BCUT2D eigenvalue weighted by Crippen LogP contribution is -2.14. The minimum Gasteiger partial charge on any atom is -0.508 e. The lowest BCUT2D eigenvalue weighted by Gasteiger charge is -2.04. The Labute approximate surface area is 93.8 Å². The average molecular weight is 218 g/mol. The molecule has 2 aromatic rings. The summed E-state index contributed by atoms with van der Waals surface area (Å²) in [5.41, 5.74) is 0.875. The normalized spacial score (nSPS) is 12.6. The van der Waals surface area contributed by atoms with Crippen molar-refractivity contribution in [3.63, 3.8) is 0 Å². The Morgan fingerprint density at radius 3 is 2.62 bits per heavy atom. The monoisotopic (exact) mass is 218 g/mol. The second-order valence-electron chi connectivity index (χ2n) is 3.57. The van der Waals surface area contributed by atoms with Crippen molar-refractivity contribution in [1.29, 1.82) is 0 Å². The molecule has 0 aliphatic carbocycles. The molecular weight excluding hydrogens is 204 g/mol. The van der Waals surface area contributed by atoms with Crippen LogP contribution in [-0.4, -0.2) is 26.9 Å². The van der Waals surface area contributed by atoms with Gasteiger partial charge in [0.05, 0.1) is 11.7 Å². The van der Waals surface area contributed by atoms with E-state index in [1.165, 1.54) is 0 Å². The number of aromatic hydroxyl groups is 1. The molecule has 84 valence electrons. The highest BCUT2D eigenvalue weighted by Crippen LogP contribution is 2.13. The molecule has 0 amide bonds. The molecule has 0 radical (unpaired) electrons. The highest BCUT2D eigenvalue weighted by molar-refractivity contribution is 5.35. The van der Waals surface area contributed by atoms with E-state index in [1.807, 2.05) is 14.0 Å². The van der Waals surface area contributed by atoms with E-state index in [9.17, 15) is 5.11 Å². The van der Waals surface area contributed by atoms with Gasteiger partial charge in [0.2, 0.25) is 0 Å².